The fourth-order valence-corrected chi connectivity index (χ4v) is 13.5. The second kappa shape index (κ2) is 64.3. The van der Waals surface area contributed by atoms with Crippen LogP contribution in [-0.2, 0) is 95.3 Å². The summed E-state index contributed by atoms with van der Waals surface area (Å²) in [5, 5.41) is 8.57. The average Bonchev–Trinajstić information content (AvgIpc) is 0.807. The molecule has 730 valence electrons. The van der Waals surface area contributed by atoms with E-state index >= 15 is 0 Å². The molecule has 0 spiro atoms. The number of hydrogen-bond acceptors (Lipinski definition) is 40. The fraction of sp³-hybridized carbons (Fsp3) is 0.287. The molecule has 40 nitrogen and oxygen atoms in total. The lowest BCUT2D eigenvalue weighted by molar-refractivity contribution is -0.139. The van der Waals surface area contributed by atoms with Crippen molar-refractivity contribution in [3.05, 3.63) is 197 Å². The molecule has 0 saturated heterocycles. The highest BCUT2D eigenvalue weighted by atomic mass is 32.2. The van der Waals surface area contributed by atoms with Crippen LogP contribution in [0.15, 0.2) is 146 Å². The molecule has 136 heavy (non-hydrogen) atoms. The SMILES string of the molecule is COC(=O)c1cc(-c2ccc(F)cc2F)ccc1OC(=O)SCC[C@@H](NC(C)=O)OC=O.COC(=O)c1cc(-c2ccc(F)cc2F)ccc1OC(=O)SCC[C@H](NC(C)=O)OC=O.COC(=O)c1ccccc1OC(=O)SCCC(NC(C)=O)OC=O.COC(=O)c1ccccc1OC(=O)SCC[C@@H](NC(C)=O)OC=O.COC(=O)c1ccccc1OC(=O)SCC[C@H](NC(C)=O)OC=O. The van der Waals surface area contributed by atoms with Crippen molar-refractivity contribution in [1.29, 1.82) is 0 Å². The maximum atomic E-state index is 14.1. The van der Waals surface area contributed by atoms with Crippen LogP contribution in [0, 0.1) is 23.3 Å². The zero-order chi connectivity index (χ0) is 101. The van der Waals surface area contributed by atoms with Crippen LogP contribution in [0.2, 0.25) is 0 Å². The average molecular weight is 2000 g/mol. The van der Waals surface area contributed by atoms with Gasteiger partial charge in [0, 0.05) is 119 Å². The first kappa shape index (κ1) is 116. The highest BCUT2D eigenvalue weighted by Crippen LogP contribution is 2.34. The summed E-state index contributed by atoms with van der Waals surface area (Å²) in [4.78, 5) is 226. The fourth-order valence-electron chi connectivity index (χ4n) is 10.2. The standard InChI is InChI=1S/2C21H19F2NO7S.3C15H17NO7S/c2*1-12(26)24-19(30-11-25)7-8-32-21(28)31-18-6-3-13(9-16(18)20(27)29-2)15-5-4-14(22)10-17(15)23;3*1-10(18)16-13(22-9-17)7-8-24-15(20)23-12-6-4-3-5-11(12)14(19)21-2/h2*3-6,9-11,19H,7-8H2,1-2H3,(H,24,26);3*3-6,9,13H,7-8H2,1-2H3,(H,16,18)/t2*19-;2*13-;/m1010./s1. The molecule has 5 N–H and O–H groups in total. The van der Waals surface area contributed by atoms with Gasteiger partial charge in [0.15, 0.2) is 31.1 Å². The summed E-state index contributed by atoms with van der Waals surface area (Å²) < 4.78 is 127. The third-order valence-corrected chi connectivity index (χ3v) is 19.8. The van der Waals surface area contributed by atoms with E-state index in [0.717, 1.165) is 85.2 Å². The van der Waals surface area contributed by atoms with Gasteiger partial charge in [-0.1, -0.05) is 48.5 Å². The van der Waals surface area contributed by atoms with Crippen LogP contribution >= 0.6 is 58.8 Å². The number of benzene rings is 7. The molecule has 0 bridgehead atoms. The van der Waals surface area contributed by atoms with Gasteiger partial charge in [-0.3, -0.25) is 47.9 Å². The van der Waals surface area contributed by atoms with E-state index in [4.69, 9.17) is 42.6 Å². The summed E-state index contributed by atoms with van der Waals surface area (Å²) in [6.45, 7) is 7.36. The summed E-state index contributed by atoms with van der Waals surface area (Å²) >= 11 is 3.91. The highest BCUT2D eigenvalue weighted by Gasteiger charge is 2.26. The number of amides is 5. The molecule has 0 heterocycles. The Morgan fingerprint density at radius 2 is 0.485 bits per heavy atom. The Kier molecular flexibility index (Phi) is 54.6. The minimum absolute atomic E-state index is 0.0444. The monoisotopic (exact) mass is 2000 g/mol. The zero-order valence-corrected chi connectivity index (χ0v) is 77.6. The number of esters is 5. The van der Waals surface area contributed by atoms with E-state index in [9.17, 15) is 113 Å². The van der Waals surface area contributed by atoms with E-state index in [0.29, 0.717) is 12.1 Å². The number of methoxy groups -OCH3 is 5. The molecule has 7 aromatic rings. The molecule has 1 unspecified atom stereocenters. The Balaban J connectivity index is 0.000000441. The number of halogens is 4. The molecule has 7 rings (SSSR count). The molecular formula is C87H89F4N5O35S5. The number of carbonyl (C=O) groups is 20. The largest absolute Gasteiger partial charge is 0.465 e. The van der Waals surface area contributed by atoms with Gasteiger partial charge in [-0.25, -0.2) is 65.5 Å². The number of para-hydroxylation sites is 3. The van der Waals surface area contributed by atoms with Crippen LogP contribution in [0.25, 0.3) is 22.3 Å². The van der Waals surface area contributed by atoms with Crippen LogP contribution < -0.4 is 50.3 Å². The number of thioether (sulfide) groups is 5. The van der Waals surface area contributed by atoms with Crippen LogP contribution in [0.1, 0.15) is 119 Å². The zero-order valence-electron chi connectivity index (χ0n) is 73.5. The number of ether oxygens (including phenoxy) is 15. The summed E-state index contributed by atoms with van der Waals surface area (Å²) in [6, 6.07) is 32.5. The van der Waals surface area contributed by atoms with Crippen molar-refractivity contribution in [3.63, 3.8) is 0 Å². The molecule has 0 radical (unpaired) electrons. The van der Waals surface area contributed by atoms with Crippen molar-refractivity contribution in [3.8, 4) is 51.0 Å². The molecule has 0 aliphatic heterocycles. The van der Waals surface area contributed by atoms with Gasteiger partial charge < -0.3 is 97.6 Å². The molecular weight excluding hydrogens is 1910 g/mol. The van der Waals surface area contributed by atoms with Crippen molar-refractivity contribution >= 4 is 177 Å². The van der Waals surface area contributed by atoms with E-state index in [1.54, 1.807) is 36.4 Å². The smallest absolute Gasteiger partial charge is 0.372 e. The Labute approximate surface area is 793 Å². The Morgan fingerprint density at radius 1 is 0.279 bits per heavy atom. The topological polar surface area (TPSA) is 540 Å². The van der Waals surface area contributed by atoms with Gasteiger partial charge in [0.05, 0.1) is 35.5 Å². The van der Waals surface area contributed by atoms with Gasteiger partial charge >= 0.3 is 56.4 Å². The van der Waals surface area contributed by atoms with E-state index in [1.807, 2.05) is 0 Å². The number of rotatable bonds is 42. The molecule has 0 aromatic heterocycles. The first-order valence-corrected chi connectivity index (χ1v) is 43.8. The first-order valence-electron chi connectivity index (χ1n) is 38.8. The van der Waals surface area contributed by atoms with E-state index < -0.39 is 123 Å². The first-order chi connectivity index (χ1) is 64.9. The minimum Gasteiger partial charge on any atom is -0.465 e. The lowest BCUT2D eigenvalue weighted by Gasteiger charge is -2.15. The number of nitrogens with one attached hydrogen (secondary N) is 5. The summed E-state index contributed by atoms with van der Waals surface area (Å²) in [6.07, 6.45) is -3.34. The third kappa shape index (κ3) is 44.8. The minimum atomic E-state index is -0.902. The quantitative estimate of drug-likeness (QED) is 0.00780. The number of hydrogen-bond donors (Lipinski definition) is 5. The lowest BCUT2D eigenvalue weighted by Crippen LogP contribution is -2.35. The van der Waals surface area contributed by atoms with Crippen LogP contribution in [0.5, 0.6) is 28.7 Å². The molecule has 49 heteroatoms. The highest BCUT2D eigenvalue weighted by molar-refractivity contribution is 8.14. The summed E-state index contributed by atoms with van der Waals surface area (Å²) in [7, 11) is 5.94. The van der Waals surface area contributed by atoms with E-state index in [2.05, 4.69) is 55.0 Å². The van der Waals surface area contributed by atoms with Crippen LogP contribution in [0.4, 0.5) is 41.5 Å². The van der Waals surface area contributed by atoms with Gasteiger partial charge in [-0.05, 0) is 155 Å². The predicted octanol–water partition coefficient (Wildman–Crippen LogP) is 12.5. The molecule has 5 atom stereocenters. The van der Waals surface area contributed by atoms with Crippen molar-refractivity contribution in [2.75, 3.05) is 64.3 Å². The maximum absolute atomic E-state index is 14.1. The van der Waals surface area contributed by atoms with Crippen molar-refractivity contribution in [1.82, 2.24) is 26.6 Å². The van der Waals surface area contributed by atoms with Gasteiger partial charge in [0.25, 0.3) is 32.4 Å². The Bertz CT molecular complexity index is 4900. The van der Waals surface area contributed by atoms with E-state index in [1.165, 1.54) is 141 Å². The third-order valence-electron chi connectivity index (χ3n) is 16.0. The van der Waals surface area contributed by atoms with Crippen molar-refractivity contribution in [2.45, 2.75) is 97.9 Å². The van der Waals surface area contributed by atoms with E-state index in [-0.39, 0.29) is 190 Å². The lowest BCUT2D eigenvalue weighted by atomic mass is 10.0. The molecule has 5 amide bonds. The van der Waals surface area contributed by atoms with Crippen LogP contribution in [0.3, 0.4) is 0 Å². The second-order valence-electron chi connectivity index (χ2n) is 25.7. The maximum Gasteiger partial charge on any atom is 0.372 e. The normalized spacial score (nSPS) is 11.2. The second-order valence-corrected chi connectivity index (χ2v) is 30.8. The Morgan fingerprint density at radius 3 is 0.684 bits per heavy atom. The van der Waals surface area contributed by atoms with Gasteiger partial charge in [-0.15, -0.1) is 0 Å². The number of carbonyl (C=O) groups excluding carboxylic acids is 20. The molecule has 0 aliphatic rings. The molecule has 0 fully saturated rings. The molecule has 0 saturated carbocycles. The molecule has 7 aromatic carbocycles. The summed E-state index contributed by atoms with van der Waals surface area (Å²) in [5.74, 6) is -7.58. The Hall–Kier alpha value is -14.6. The van der Waals surface area contributed by atoms with Gasteiger partial charge in [-0.2, -0.15) is 0 Å². The van der Waals surface area contributed by atoms with Crippen molar-refractivity contribution in [2.24, 2.45) is 0 Å². The predicted molar refractivity (Wildman–Crippen MR) is 479 cm³/mol. The van der Waals surface area contributed by atoms with Crippen LogP contribution in [-0.4, -0.2) is 214 Å². The summed E-state index contributed by atoms with van der Waals surface area (Å²) in [5.41, 5.74) is 0.717. The molecule has 0 aliphatic carbocycles. The van der Waals surface area contributed by atoms with Gasteiger partial charge in [0.1, 0.15) is 79.8 Å². The van der Waals surface area contributed by atoms with Gasteiger partial charge in [0.2, 0.25) is 29.5 Å². The van der Waals surface area contributed by atoms with Crippen molar-refractivity contribution < 1.29 is 185 Å².